The van der Waals surface area contributed by atoms with Crippen molar-refractivity contribution in [1.29, 1.82) is 0 Å². The highest BCUT2D eigenvalue weighted by atomic mass is 79.9. The monoisotopic (exact) mass is 317 g/mol. The molecule has 2 aromatic rings. The Balaban J connectivity index is 1.82. The van der Waals surface area contributed by atoms with Crippen LogP contribution < -0.4 is 5.32 Å². The number of rotatable bonds is 2. The van der Waals surface area contributed by atoms with Crippen molar-refractivity contribution >= 4 is 21.6 Å². The van der Waals surface area contributed by atoms with Crippen LogP contribution in [-0.2, 0) is 6.42 Å². The number of aliphatic hydroxyl groups is 1. The number of halogens is 1. The van der Waals surface area contributed by atoms with E-state index in [4.69, 9.17) is 0 Å². The molecule has 2 aromatic carbocycles. The Labute approximate surface area is 121 Å². The standard InChI is InChI=1S/C16H16BrNO/c1-10-6-7-12(8-13(10)17)16(19)15-9-11-4-2-3-5-14(11)18-15/h2-8,15-16,18-19H,9H2,1H3. The number of aryl methyl sites for hydroxylation is 1. The molecule has 0 saturated carbocycles. The van der Waals surface area contributed by atoms with E-state index in [9.17, 15) is 5.11 Å². The molecular weight excluding hydrogens is 302 g/mol. The van der Waals surface area contributed by atoms with E-state index in [0.717, 1.165) is 22.1 Å². The molecule has 2 N–H and O–H groups in total. The molecule has 2 unspecified atom stereocenters. The smallest absolute Gasteiger partial charge is 0.0994 e. The first-order chi connectivity index (χ1) is 9.15. The highest BCUT2D eigenvalue weighted by Crippen LogP contribution is 2.32. The molecule has 0 radical (unpaired) electrons. The van der Waals surface area contributed by atoms with Crippen LogP contribution in [-0.4, -0.2) is 11.1 Å². The minimum Gasteiger partial charge on any atom is -0.386 e. The number of para-hydroxylation sites is 1. The molecule has 3 rings (SSSR count). The normalized spacial score (nSPS) is 18.8. The van der Waals surface area contributed by atoms with E-state index in [2.05, 4.69) is 33.4 Å². The molecule has 2 atom stereocenters. The summed E-state index contributed by atoms with van der Waals surface area (Å²) in [5.41, 5.74) is 4.54. The third kappa shape index (κ3) is 2.40. The summed E-state index contributed by atoms with van der Waals surface area (Å²) in [4.78, 5) is 0. The SMILES string of the molecule is Cc1ccc(C(O)C2Cc3ccccc3N2)cc1Br. The second-order valence-electron chi connectivity index (χ2n) is 5.07. The van der Waals surface area contributed by atoms with Gasteiger partial charge in [-0.15, -0.1) is 0 Å². The molecule has 2 nitrogen and oxygen atoms in total. The summed E-state index contributed by atoms with van der Waals surface area (Å²) in [5.74, 6) is 0. The first-order valence-corrected chi connectivity index (χ1v) is 7.23. The Morgan fingerprint density at radius 1 is 1.26 bits per heavy atom. The van der Waals surface area contributed by atoms with Gasteiger partial charge in [0.05, 0.1) is 12.1 Å². The fraction of sp³-hybridized carbons (Fsp3) is 0.250. The van der Waals surface area contributed by atoms with Crippen molar-refractivity contribution < 1.29 is 5.11 Å². The van der Waals surface area contributed by atoms with Gasteiger partial charge in [0.1, 0.15) is 0 Å². The van der Waals surface area contributed by atoms with E-state index in [1.54, 1.807) is 0 Å². The predicted octanol–water partition coefficient (Wildman–Crippen LogP) is 3.83. The van der Waals surface area contributed by atoms with Gasteiger partial charge in [0.15, 0.2) is 0 Å². The van der Waals surface area contributed by atoms with E-state index in [1.165, 1.54) is 11.1 Å². The van der Waals surface area contributed by atoms with Crippen molar-refractivity contribution in [2.75, 3.05) is 5.32 Å². The van der Waals surface area contributed by atoms with E-state index < -0.39 is 6.10 Å². The summed E-state index contributed by atoms with van der Waals surface area (Å²) in [7, 11) is 0. The zero-order valence-electron chi connectivity index (χ0n) is 10.7. The number of fused-ring (bicyclic) bond motifs is 1. The topological polar surface area (TPSA) is 32.3 Å². The van der Waals surface area contributed by atoms with E-state index >= 15 is 0 Å². The molecule has 0 bridgehead atoms. The van der Waals surface area contributed by atoms with Crippen molar-refractivity contribution in [3.05, 3.63) is 63.6 Å². The van der Waals surface area contributed by atoms with Crippen molar-refractivity contribution in [2.45, 2.75) is 25.5 Å². The van der Waals surface area contributed by atoms with Crippen LogP contribution in [0, 0.1) is 6.92 Å². The van der Waals surface area contributed by atoms with Gasteiger partial charge < -0.3 is 10.4 Å². The predicted molar refractivity (Wildman–Crippen MR) is 81.4 cm³/mol. The third-order valence-electron chi connectivity index (χ3n) is 3.72. The molecule has 1 heterocycles. The number of benzene rings is 2. The molecule has 1 aliphatic rings. The van der Waals surface area contributed by atoms with Gasteiger partial charge in [-0.1, -0.05) is 46.3 Å². The largest absolute Gasteiger partial charge is 0.386 e. The zero-order chi connectivity index (χ0) is 13.4. The molecule has 0 spiro atoms. The van der Waals surface area contributed by atoms with Crippen LogP contribution in [0.4, 0.5) is 5.69 Å². The minimum absolute atomic E-state index is 0.0482. The van der Waals surface area contributed by atoms with Gasteiger partial charge in [-0.25, -0.2) is 0 Å². The van der Waals surface area contributed by atoms with Crippen molar-refractivity contribution in [3.8, 4) is 0 Å². The van der Waals surface area contributed by atoms with E-state index in [0.29, 0.717) is 0 Å². The second-order valence-corrected chi connectivity index (χ2v) is 5.92. The fourth-order valence-corrected chi connectivity index (χ4v) is 2.94. The maximum absolute atomic E-state index is 10.5. The Morgan fingerprint density at radius 3 is 2.79 bits per heavy atom. The fourth-order valence-electron chi connectivity index (χ4n) is 2.54. The van der Waals surface area contributed by atoms with E-state index in [-0.39, 0.29) is 6.04 Å². The molecule has 0 fully saturated rings. The van der Waals surface area contributed by atoms with Crippen molar-refractivity contribution in [1.82, 2.24) is 0 Å². The highest BCUT2D eigenvalue weighted by Gasteiger charge is 2.27. The second kappa shape index (κ2) is 4.99. The number of aliphatic hydroxyl groups excluding tert-OH is 1. The van der Waals surface area contributed by atoms with Gasteiger partial charge >= 0.3 is 0 Å². The first kappa shape index (κ1) is 12.7. The van der Waals surface area contributed by atoms with Gasteiger partial charge in [-0.2, -0.15) is 0 Å². The highest BCUT2D eigenvalue weighted by molar-refractivity contribution is 9.10. The van der Waals surface area contributed by atoms with Gasteiger partial charge in [-0.05, 0) is 42.2 Å². The van der Waals surface area contributed by atoms with Crippen molar-refractivity contribution in [2.24, 2.45) is 0 Å². The molecule has 98 valence electrons. The third-order valence-corrected chi connectivity index (χ3v) is 4.57. The molecule has 0 saturated heterocycles. The Kier molecular flexibility index (Phi) is 3.33. The van der Waals surface area contributed by atoms with Crippen LogP contribution in [0.3, 0.4) is 0 Å². The van der Waals surface area contributed by atoms with Gasteiger partial charge in [0, 0.05) is 10.2 Å². The summed E-state index contributed by atoms with van der Waals surface area (Å²) in [6, 6.07) is 14.3. The quantitative estimate of drug-likeness (QED) is 0.882. The number of nitrogens with one attached hydrogen (secondary N) is 1. The molecular formula is C16H16BrNO. The molecule has 1 aliphatic heterocycles. The Hall–Kier alpha value is -1.32. The maximum atomic E-state index is 10.5. The van der Waals surface area contributed by atoms with Crippen LogP contribution in [0.25, 0.3) is 0 Å². The molecule has 19 heavy (non-hydrogen) atoms. The van der Waals surface area contributed by atoms with Crippen LogP contribution in [0.2, 0.25) is 0 Å². The van der Waals surface area contributed by atoms with Crippen molar-refractivity contribution in [3.63, 3.8) is 0 Å². The first-order valence-electron chi connectivity index (χ1n) is 6.44. The lowest BCUT2D eigenvalue weighted by molar-refractivity contribution is 0.156. The lowest BCUT2D eigenvalue weighted by Gasteiger charge is -2.20. The molecule has 0 aliphatic carbocycles. The van der Waals surface area contributed by atoms with Gasteiger partial charge in [-0.3, -0.25) is 0 Å². The number of hydrogen-bond acceptors (Lipinski definition) is 2. The zero-order valence-corrected chi connectivity index (χ0v) is 12.3. The maximum Gasteiger partial charge on any atom is 0.0994 e. The minimum atomic E-state index is -0.496. The van der Waals surface area contributed by atoms with Crippen LogP contribution in [0.5, 0.6) is 0 Å². The molecule has 0 aromatic heterocycles. The lowest BCUT2D eigenvalue weighted by Crippen LogP contribution is -2.24. The number of anilines is 1. The summed E-state index contributed by atoms with van der Waals surface area (Å²) in [6.07, 6.45) is 0.368. The Morgan fingerprint density at radius 2 is 2.05 bits per heavy atom. The van der Waals surface area contributed by atoms with Crippen LogP contribution in [0.15, 0.2) is 46.9 Å². The summed E-state index contributed by atoms with van der Waals surface area (Å²) in [5, 5.41) is 13.9. The van der Waals surface area contributed by atoms with Crippen LogP contribution >= 0.6 is 15.9 Å². The lowest BCUT2D eigenvalue weighted by atomic mass is 9.99. The van der Waals surface area contributed by atoms with Gasteiger partial charge in [0.2, 0.25) is 0 Å². The summed E-state index contributed by atoms with van der Waals surface area (Å²) in [6.45, 7) is 2.05. The van der Waals surface area contributed by atoms with Crippen LogP contribution in [0.1, 0.15) is 22.8 Å². The molecule has 3 heteroatoms. The Bertz CT molecular complexity index is 586. The average Bonchev–Trinajstić information content (AvgIpc) is 2.85. The average molecular weight is 318 g/mol. The van der Waals surface area contributed by atoms with Gasteiger partial charge in [0.25, 0.3) is 0 Å². The molecule has 0 amide bonds. The number of hydrogen-bond donors (Lipinski definition) is 2. The van der Waals surface area contributed by atoms with E-state index in [1.807, 2.05) is 37.3 Å². The summed E-state index contributed by atoms with van der Waals surface area (Å²) < 4.78 is 1.04. The summed E-state index contributed by atoms with van der Waals surface area (Å²) >= 11 is 3.52.